The van der Waals surface area contributed by atoms with Crippen LogP contribution in [0.3, 0.4) is 0 Å². The van der Waals surface area contributed by atoms with E-state index in [1.165, 1.54) is 6.07 Å². The van der Waals surface area contributed by atoms with E-state index in [1.54, 1.807) is 6.07 Å². The van der Waals surface area contributed by atoms with Gasteiger partial charge in [0.25, 0.3) is 0 Å². The Bertz CT molecular complexity index is 540. The van der Waals surface area contributed by atoms with Crippen molar-refractivity contribution in [1.29, 1.82) is 5.26 Å². The van der Waals surface area contributed by atoms with Crippen LogP contribution in [0.25, 0.3) is 0 Å². The molecule has 0 saturated carbocycles. The summed E-state index contributed by atoms with van der Waals surface area (Å²) in [7, 11) is 1.13. The van der Waals surface area contributed by atoms with Crippen molar-refractivity contribution in [2.24, 2.45) is 0 Å². The average Bonchev–Trinajstić information content (AvgIpc) is 2.35. The summed E-state index contributed by atoms with van der Waals surface area (Å²) in [6, 6.07) is 3.96. The Balaban J connectivity index is 3.36. The molecule has 1 aromatic rings. The maximum atomic E-state index is 12.4. The molecule has 0 aromatic heterocycles. The van der Waals surface area contributed by atoms with Gasteiger partial charge in [-0.1, -0.05) is 15.9 Å². The minimum Gasteiger partial charge on any atom is -0.465 e. The molecule has 1 rings (SSSR count). The number of nitriles is 1. The monoisotopic (exact) mass is 353 g/mol. The first-order valence-corrected chi connectivity index (χ1v) is 6.73. The highest BCUT2D eigenvalue weighted by atomic mass is 79.9. The molecule has 0 heterocycles. The summed E-state index contributed by atoms with van der Waals surface area (Å²) in [6.45, 7) is 0. The van der Waals surface area contributed by atoms with Crippen LogP contribution in [0.4, 0.5) is 13.2 Å². The predicted molar refractivity (Wildman–Crippen MR) is 67.0 cm³/mol. The number of esters is 1. The van der Waals surface area contributed by atoms with Gasteiger partial charge in [0.1, 0.15) is 6.07 Å². The second-order valence-corrected chi connectivity index (χ2v) is 4.96. The third-order valence-electron chi connectivity index (χ3n) is 2.10. The summed E-state index contributed by atoms with van der Waals surface area (Å²) in [5.74, 6) is -0.762. The first-order chi connectivity index (χ1) is 8.82. The van der Waals surface area contributed by atoms with Gasteiger partial charge in [-0.2, -0.15) is 18.4 Å². The highest BCUT2D eigenvalue weighted by molar-refractivity contribution is 9.08. The summed E-state index contributed by atoms with van der Waals surface area (Å²) in [5.41, 5.74) is -4.40. The molecule has 0 atom stereocenters. The molecule has 3 nitrogen and oxygen atoms in total. The van der Waals surface area contributed by atoms with Crippen LogP contribution in [0.1, 0.15) is 21.5 Å². The topological polar surface area (TPSA) is 50.1 Å². The van der Waals surface area contributed by atoms with Crippen molar-refractivity contribution in [2.75, 3.05) is 7.11 Å². The van der Waals surface area contributed by atoms with E-state index in [-0.39, 0.29) is 38.7 Å². The number of halogens is 4. The molecule has 0 amide bonds. The lowest BCUT2D eigenvalue weighted by Gasteiger charge is -2.12. The lowest BCUT2D eigenvalue weighted by molar-refractivity contribution is -0.0328. The van der Waals surface area contributed by atoms with Crippen molar-refractivity contribution in [3.05, 3.63) is 28.8 Å². The summed E-state index contributed by atoms with van der Waals surface area (Å²) in [5, 5.41) is 9.02. The van der Waals surface area contributed by atoms with Crippen molar-refractivity contribution in [2.45, 2.75) is 15.7 Å². The lowest BCUT2D eigenvalue weighted by atomic mass is 10.1. The molecular weight excluding hydrogens is 347 g/mol. The number of alkyl halides is 4. The zero-order valence-electron chi connectivity index (χ0n) is 9.55. The van der Waals surface area contributed by atoms with Crippen molar-refractivity contribution in [1.82, 2.24) is 0 Å². The van der Waals surface area contributed by atoms with Gasteiger partial charge in [-0.3, -0.25) is 0 Å². The fourth-order valence-corrected chi connectivity index (χ4v) is 2.66. The molecule has 19 heavy (non-hydrogen) atoms. The van der Waals surface area contributed by atoms with Gasteiger partial charge in [0.05, 0.1) is 18.2 Å². The Morgan fingerprint density at radius 3 is 2.58 bits per heavy atom. The van der Waals surface area contributed by atoms with Crippen molar-refractivity contribution >= 4 is 33.7 Å². The minimum absolute atomic E-state index is 0.0500. The van der Waals surface area contributed by atoms with Gasteiger partial charge in [-0.15, -0.1) is 0 Å². The lowest BCUT2D eigenvalue weighted by Crippen LogP contribution is -2.07. The largest absolute Gasteiger partial charge is 0.465 e. The maximum absolute atomic E-state index is 12.4. The molecule has 0 aliphatic carbocycles. The van der Waals surface area contributed by atoms with E-state index in [2.05, 4.69) is 20.7 Å². The molecule has 0 radical (unpaired) electrons. The van der Waals surface area contributed by atoms with E-state index in [1.807, 2.05) is 0 Å². The Kier molecular flexibility index (Phi) is 5.26. The summed E-state index contributed by atoms with van der Waals surface area (Å²) in [6.07, 6.45) is 0. The van der Waals surface area contributed by atoms with Gasteiger partial charge in [0.2, 0.25) is 0 Å². The normalized spacial score (nSPS) is 10.9. The standard InChI is InChI=1S/C11H7BrF3NO2S/c1-18-10(17)8-2-6(4-12)9(3-7(8)5-16)19-11(13,14)15/h2-3H,4H2,1H3. The number of hydrogen-bond donors (Lipinski definition) is 0. The van der Waals surface area contributed by atoms with Crippen LogP contribution in [0.15, 0.2) is 17.0 Å². The third kappa shape index (κ3) is 4.14. The molecule has 0 aliphatic heterocycles. The summed E-state index contributed by atoms with van der Waals surface area (Å²) >= 11 is 2.73. The van der Waals surface area contributed by atoms with E-state index < -0.39 is 11.5 Å². The van der Waals surface area contributed by atoms with Crippen molar-refractivity contribution in [3.8, 4) is 6.07 Å². The van der Waals surface area contributed by atoms with Gasteiger partial charge < -0.3 is 4.74 Å². The minimum atomic E-state index is -4.46. The number of carbonyl (C=O) groups is 1. The van der Waals surface area contributed by atoms with E-state index in [9.17, 15) is 18.0 Å². The van der Waals surface area contributed by atoms with E-state index in [0.717, 1.165) is 13.2 Å². The van der Waals surface area contributed by atoms with Crippen LogP contribution >= 0.6 is 27.7 Å². The molecule has 0 bridgehead atoms. The van der Waals surface area contributed by atoms with Gasteiger partial charge in [0, 0.05) is 10.2 Å². The van der Waals surface area contributed by atoms with Crippen LogP contribution in [-0.2, 0) is 10.1 Å². The van der Waals surface area contributed by atoms with E-state index >= 15 is 0 Å². The second-order valence-electron chi connectivity index (χ2n) is 3.29. The Morgan fingerprint density at radius 2 is 2.16 bits per heavy atom. The highest BCUT2D eigenvalue weighted by Gasteiger charge is 2.31. The van der Waals surface area contributed by atoms with Crippen LogP contribution in [0.5, 0.6) is 0 Å². The number of rotatable bonds is 3. The van der Waals surface area contributed by atoms with Crippen LogP contribution in [0.2, 0.25) is 0 Å². The molecule has 0 spiro atoms. The molecular formula is C11H7BrF3NO2S. The van der Waals surface area contributed by atoms with Crippen LogP contribution < -0.4 is 0 Å². The Labute approximate surface area is 119 Å². The molecule has 1 aromatic carbocycles. The fourth-order valence-electron chi connectivity index (χ4n) is 1.32. The molecule has 0 saturated heterocycles. The number of carbonyl (C=O) groups excluding carboxylic acids is 1. The zero-order valence-corrected chi connectivity index (χ0v) is 11.9. The Hall–Kier alpha value is -1.20. The number of nitrogens with zero attached hydrogens (tertiary/aromatic N) is 1. The predicted octanol–water partition coefficient (Wildman–Crippen LogP) is 3.85. The molecule has 8 heteroatoms. The maximum Gasteiger partial charge on any atom is 0.446 e. The summed E-state index contributed by atoms with van der Waals surface area (Å²) in [4.78, 5) is 11.3. The molecule has 0 unspecified atom stereocenters. The molecule has 102 valence electrons. The number of thioether (sulfide) groups is 1. The van der Waals surface area contributed by atoms with Gasteiger partial charge in [-0.05, 0) is 29.5 Å². The van der Waals surface area contributed by atoms with Crippen LogP contribution in [-0.4, -0.2) is 18.6 Å². The smallest absolute Gasteiger partial charge is 0.446 e. The van der Waals surface area contributed by atoms with Gasteiger partial charge in [-0.25, -0.2) is 4.79 Å². The zero-order chi connectivity index (χ0) is 14.6. The highest BCUT2D eigenvalue weighted by Crippen LogP contribution is 2.40. The van der Waals surface area contributed by atoms with Crippen molar-refractivity contribution in [3.63, 3.8) is 0 Å². The average molecular weight is 354 g/mol. The molecule has 0 N–H and O–H groups in total. The number of ether oxygens (including phenoxy) is 1. The fraction of sp³-hybridized carbons (Fsp3) is 0.273. The number of benzene rings is 1. The third-order valence-corrected chi connectivity index (χ3v) is 3.53. The summed E-state index contributed by atoms with van der Waals surface area (Å²) < 4.78 is 41.7. The quantitative estimate of drug-likeness (QED) is 0.470. The number of hydrogen-bond acceptors (Lipinski definition) is 4. The van der Waals surface area contributed by atoms with E-state index in [4.69, 9.17) is 5.26 Å². The SMILES string of the molecule is COC(=O)c1cc(CBr)c(SC(F)(F)F)cc1C#N. The molecule has 0 fully saturated rings. The second kappa shape index (κ2) is 6.30. The van der Waals surface area contributed by atoms with Crippen molar-refractivity contribution < 1.29 is 22.7 Å². The Morgan fingerprint density at radius 1 is 1.53 bits per heavy atom. The van der Waals surface area contributed by atoms with E-state index in [0.29, 0.717) is 0 Å². The first-order valence-electron chi connectivity index (χ1n) is 4.79. The van der Waals surface area contributed by atoms with Crippen LogP contribution in [0, 0.1) is 11.3 Å². The van der Waals surface area contributed by atoms with Gasteiger partial charge >= 0.3 is 11.5 Å². The first kappa shape index (κ1) is 15.9. The van der Waals surface area contributed by atoms with Gasteiger partial charge in [0.15, 0.2) is 0 Å². The number of methoxy groups -OCH3 is 1. The molecule has 0 aliphatic rings.